The Kier molecular flexibility index (Phi) is 4.07. The number of amides is 1. The summed E-state index contributed by atoms with van der Waals surface area (Å²) in [6.45, 7) is -0.144. The highest BCUT2D eigenvalue weighted by Crippen LogP contribution is 2.13. The molecule has 0 aliphatic rings. The Morgan fingerprint density at radius 1 is 0.895 bits per heavy atom. The van der Waals surface area contributed by atoms with E-state index in [0.29, 0.717) is 0 Å². The average Bonchev–Trinajstić information content (AvgIpc) is 2.40. The predicted octanol–water partition coefficient (Wildman–Crippen LogP) is 3.02. The first kappa shape index (κ1) is 13.0. The van der Waals surface area contributed by atoms with E-state index in [0.717, 1.165) is 0 Å². The fourth-order valence-corrected chi connectivity index (χ4v) is 1.54. The van der Waals surface area contributed by atoms with E-state index in [-0.39, 0.29) is 17.9 Å². The van der Waals surface area contributed by atoms with Gasteiger partial charge in [0.15, 0.2) is 0 Å². The summed E-state index contributed by atoms with van der Waals surface area (Å²) in [5.74, 6) is -1.41. The van der Waals surface area contributed by atoms with Gasteiger partial charge in [0.05, 0.1) is 17.9 Å². The van der Waals surface area contributed by atoms with Crippen molar-refractivity contribution in [3.05, 3.63) is 60.2 Å². The van der Waals surface area contributed by atoms with Gasteiger partial charge in [-0.2, -0.15) is 0 Å². The number of hydrogen-bond acceptors (Lipinski definition) is 2. The summed E-state index contributed by atoms with van der Waals surface area (Å²) in [7, 11) is 0. The van der Waals surface area contributed by atoms with Crippen LogP contribution in [-0.4, -0.2) is 12.5 Å². The Bertz CT molecular complexity index is 587. The van der Waals surface area contributed by atoms with Crippen molar-refractivity contribution in [1.29, 1.82) is 0 Å². The van der Waals surface area contributed by atoms with E-state index in [2.05, 4.69) is 10.6 Å². The van der Waals surface area contributed by atoms with Crippen LogP contribution < -0.4 is 10.6 Å². The molecular formula is C14H12F2N2O. The predicted molar refractivity (Wildman–Crippen MR) is 69.9 cm³/mol. The van der Waals surface area contributed by atoms with Gasteiger partial charge in [0, 0.05) is 0 Å². The normalized spacial score (nSPS) is 10.0. The quantitative estimate of drug-likeness (QED) is 0.889. The molecule has 0 heterocycles. The highest BCUT2D eigenvalue weighted by molar-refractivity contribution is 5.93. The number of anilines is 2. The van der Waals surface area contributed by atoms with Crippen LogP contribution in [0.1, 0.15) is 0 Å². The standard InChI is InChI=1S/C14H12F2N2O/c15-10-5-1-3-7-12(10)17-9-14(19)18-13-8-4-2-6-11(13)16/h1-8,17H,9H2,(H,18,19). The first-order valence-electron chi connectivity index (χ1n) is 5.69. The second-order valence-corrected chi connectivity index (χ2v) is 3.86. The van der Waals surface area contributed by atoms with Crippen LogP contribution in [0.5, 0.6) is 0 Å². The maximum Gasteiger partial charge on any atom is 0.243 e. The van der Waals surface area contributed by atoms with Crippen LogP contribution in [0.4, 0.5) is 20.2 Å². The molecule has 2 aromatic rings. The van der Waals surface area contributed by atoms with E-state index in [1.165, 1.54) is 30.3 Å². The van der Waals surface area contributed by atoms with Gasteiger partial charge in [-0.3, -0.25) is 4.79 Å². The molecule has 5 heteroatoms. The summed E-state index contributed by atoms with van der Waals surface area (Å²) in [5.41, 5.74) is 0.328. The molecule has 2 rings (SSSR count). The zero-order valence-corrected chi connectivity index (χ0v) is 9.99. The Hall–Kier alpha value is -2.43. The minimum absolute atomic E-state index is 0.0998. The maximum atomic E-state index is 13.3. The smallest absolute Gasteiger partial charge is 0.243 e. The zero-order valence-electron chi connectivity index (χ0n) is 9.99. The van der Waals surface area contributed by atoms with E-state index in [4.69, 9.17) is 0 Å². The molecule has 0 saturated carbocycles. The number of carbonyl (C=O) groups excluding carboxylic acids is 1. The highest BCUT2D eigenvalue weighted by Gasteiger charge is 2.07. The van der Waals surface area contributed by atoms with Crippen LogP contribution in [0, 0.1) is 11.6 Å². The van der Waals surface area contributed by atoms with Crippen molar-refractivity contribution < 1.29 is 13.6 Å². The van der Waals surface area contributed by atoms with Gasteiger partial charge in [0.2, 0.25) is 5.91 Å². The van der Waals surface area contributed by atoms with Gasteiger partial charge in [-0.15, -0.1) is 0 Å². The Balaban J connectivity index is 1.92. The van der Waals surface area contributed by atoms with Crippen molar-refractivity contribution >= 4 is 17.3 Å². The topological polar surface area (TPSA) is 41.1 Å². The zero-order chi connectivity index (χ0) is 13.7. The molecule has 0 bridgehead atoms. The molecule has 2 aromatic carbocycles. The van der Waals surface area contributed by atoms with Gasteiger partial charge in [0.1, 0.15) is 11.6 Å². The molecule has 98 valence electrons. The Morgan fingerprint density at radius 2 is 1.42 bits per heavy atom. The third-order valence-corrected chi connectivity index (χ3v) is 2.46. The number of carbonyl (C=O) groups is 1. The summed E-state index contributed by atoms with van der Waals surface area (Å²) in [6.07, 6.45) is 0. The molecule has 1 amide bonds. The second-order valence-electron chi connectivity index (χ2n) is 3.86. The number of rotatable bonds is 4. The lowest BCUT2D eigenvalue weighted by Crippen LogP contribution is -2.22. The fourth-order valence-electron chi connectivity index (χ4n) is 1.54. The third kappa shape index (κ3) is 3.51. The minimum Gasteiger partial charge on any atom is -0.374 e. The van der Waals surface area contributed by atoms with Crippen molar-refractivity contribution in [2.24, 2.45) is 0 Å². The van der Waals surface area contributed by atoms with E-state index >= 15 is 0 Å². The Labute approximate surface area is 109 Å². The number of halogens is 2. The largest absolute Gasteiger partial charge is 0.374 e. The van der Waals surface area contributed by atoms with Gasteiger partial charge in [-0.1, -0.05) is 24.3 Å². The summed E-state index contributed by atoms with van der Waals surface area (Å²) >= 11 is 0. The summed E-state index contributed by atoms with van der Waals surface area (Å²) in [6, 6.07) is 11.9. The lowest BCUT2D eigenvalue weighted by atomic mass is 10.3. The van der Waals surface area contributed by atoms with Gasteiger partial charge < -0.3 is 10.6 Å². The summed E-state index contributed by atoms with van der Waals surface area (Å²) in [5, 5.41) is 5.04. The molecule has 2 N–H and O–H groups in total. The van der Waals surface area contributed by atoms with Crippen molar-refractivity contribution in [3.63, 3.8) is 0 Å². The molecule has 0 unspecified atom stereocenters. The SMILES string of the molecule is O=C(CNc1ccccc1F)Nc1ccccc1F. The van der Waals surface area contributed by atoms with Crippen LogP contribution in [0.15, 0.2) is 48.5 Å². The van der Waals surface area contributed by atoms with Crippen LogP contribution in [0.25, 0.3) is 0 Å². The molecule has 0 radical (unpaired) electrons. The van der Waals surface area contributed by atoms with Crippen molar-refractivity contribution in [3.8, 4) is 0 Å². The fraction of sp³-hybridized carbons (Fsp3) is 0.0714. The molecule has 0 aromatic heterocycles. The maximum absolute atomic E-state index is 13.3. The average molecular weight is 262 g/mol. The molecule has 0 fully saturated rings. The third-order valence-electron chi connectivity index (χ3n) is 2.46. The van der Waals surface area contributed by atoms with Crippen LogP contribution in [0.3, 0.4) is 0 Å². The highest BCUT2D eigenvalue weighted by atomic mass is 19.1. The van der Waals surface area contributed by atoms with Crippen LogP contribution in [0.2, 0.25) is 0 Å². The van der Waals surface area contributed by atoms with Crippen molar-refractivity contribution in [1.82, 2.24) is 0 Å². The molecule has 0 spiro atoms. The monoisotopic (exact) mass is 262 g/mol. The van der Waals surface area contributed by atoms with E-state index in [1.807, 2.05) is 0 Å². The molecular weight excluding hydrogens is 250 g/mol. The van der Waals surface area contributed by atoms with Gasteiger partial charge >= 0.3 is 0 Å². The first-order chi connectivity index (χ1) is 9.16. The summed E-state index contributed by atoms with van der Waals surface area (Å²) in [4.78, 5) is 11.6. The van der Waals surface area contributed by atoms with Crippen molar-refractivity contribution in [2.75, 3.05) is 17.2 Å². The molecule has 0 saturated heterocycles. The lowest BCUT2D eigenvalue weighted by molar-refractivity contribution is -0.114. The summed E-state index contributed by atoms with van der Waals surface area (Å²) < 4.78 is 26.6. The van der Waals surface area contributed by atoms with E-state index < -0.39 is 17.5 Å². The van der Waals surface area contributed by atoms with Crippen LogP contribution >= 0.6 is 0 Å². The molecule has 0 atom stereocenters. The second kappa shape index (κ2) is 5.95. The lowest BCUT2D eigenvalue weighted by Gasteiger charge is -2.08. The number of para-hydroxylation sites is 2. The molecule has 19 heavy (non-hydrogen) atoms. The first-order valence-corrected chi connectivity index (χ1v) is 5.69. The van der Waals surface area contributed by atoms with Gasteiger partial charge in [-0.25, -0.2) is 8.78 Å². The van der Waals surface area contributed by atoms with Crippen LogP contribution in [-0.2, 0) is 4.79 Å². The van der Waals surface area contributed by atoms with E-state index in [1.54, 1.807) is 18.2 Å². The van der Waals surface area contributed by atoms with E-state index in [9.17, 15) is 13.6 Å². The van der Waals surface area contributed by atoms with Gasteiger partial charge in [-0.05, 0) is 24.3 Å². The van der Waals surface area contributed by atoms with Gasteiger partial charge in [0.25, 0.3) is 0 Å². The number of hydrogen-bond donors (Lipinski definition) is 2. The molecule has 0 aliphatic carbocycles. The minimum atomic E-state index is -0.512. The molecule has 0 aliphatic heterocycles. The Morgan fingerprint density at radius 3 is 2.00 bits per heavy atom. The van der Waals surface area contributed by atoms with Crippen molar-refractivity contribution in [2.45, 2.75) is 0 Å². The number of benzene rings is 2. The number of nitrogens with one attached hydrogen (secondary N) is 2. The molecule has 3 nitrogen and oxygen atoms in total.